The van der Waals surface area contributed by atoms with Gasteiger partial charge >= 0.3 is 0 Å². The Labute approximate surface area is 161 Å². The van der Waals surface area contributed by atoms with E-state index in [0.717, 1.165) is 17.1 Å². The third-order valence-electron chi connectivity index (χ3n) is 4.01. The van der Waals surface area contributed by atoms with Crippen molar-refractivity contribution in [1.29, 1.82) is 0 Å². The molecule has 142 valence electrons. The minimum Gasteiger partial charge on any atom is -0.497 e. The Balaban J connectivity index is 1.86. The molecule has 0 fully saturated rings. The zero-order chi connectivity index (χ0) is 19.4. The van der Waals surface area contributed by atoms with E-state index in [1.54, 1.807) is 18.9 Å². The standard InChI is InChI=1S/C18H21N5O3S/c1-11-16(17(24)19-9-10-25-3)27-18(20-11)15-12(2)23(22-21-15)13-5-7-14(26-4)8-6-13/h5-8H,9-10H2,1-4H3,(H,19,24). The molecule has 3 rings (SSSR count). The summed E-state index contributed by atoms with van der Waals surface area (Å²) in [5.41, 5.74) is 3.05. The van der Waals surface area contributed by atoms with Crippen LogP contribution in [-0.4, -0.2) is 53.3 Å². The summed E-state index contributed by atoms with van der Waals surface area (Å²) in [5, 5.41) is 12.0. The van der Waals surface area contributed by atoms with E-state index >= 15 is 0 Å². The molecule has 0 aliphatic rings. The first-order valence-corrected chi connectivity index (χ1v) is 9.18. The van der Waals surface area contributed by atoms with Gasteiger partial charge in [-0.15, -0.1) is 16.4 Å². The molecular weight excluding hydrogens is 366 g/mol. The van der Waals surface area contributed by atoms with Crippen LogP contribution >= 0.6 is 11.3 Å². The molecule has 0 aliphatic carbocycles. The number of carbonyl (C=O) groups is 1. The quantitative estimate of drug-likeness (QED) is 0.626. The number of benzene rings is 1. The van der Waals surface area contributed by atoms with Crippen LogP contribution in [0.1, 0.15) is 21.1 Å². The molecule has 2 heterocycles. The molecule has 9 heteroatoms. The first-order chi connectivity index (χ1) is 13.0. The normalized spacial score (nSPS) is 10.8. The second kappa shape index (κ2) is 8.28. The van der Waals surface area contributed by atoms with E-state index in [1.807, 2.05) is 38.1 Å². The second-order valence-corrected chi connectivity index (χ2v) is 6.81. The second-order valence-electron chi connectivity index (χ2n) is 5.82. The predicted octanol–water partition coefficient (Wildman–Crippen LogP) is 2.39. The number of hydrogen-bond donors (Lipinski definition) is 1. The smallest absolute Gasteiger partial charge is 0.263 e. The van der Waals surface area contributed by atoms with E-state index in [4.69, 9.17) is 9.47 Å². The number of nitrogens with one attached hydrogen (secondary N) is 1. The van der Waals surface area contributed by atoms with Gasteiger partial charge in [0.25, 0.3) is 5.91 Å². The third kappa shape index (κ3) is 3.99. The van der Waals surface area contributed by atoms with Crippen LogP contribution in [0.2, 0.25) is 0 Å². The Hall–Kier alpha value is -2.78. The summed E-state index contributed by atoms with van der Waals surface area (Å²) in [6.45, 7) is 4.66. The highest BCUT2D eigenvalue weighted by molar-refractivity contribution is 7.17. The van der Waals surface area contributed by atoms with Gasteiger partial charge in [0.1, 0.15) is 21.3 Å². The summed E-state index contributed by atoms with van der Waals surface area (Å²) < 4.78 is 11.9. The molecule has 1 N–H and O–H groups in total. The van der Waals surface area contributed by atoms with Crippen molar-refractivity contribution < 1.29 is 14.3 Å². The maximum Gasteiger partial charge on any atom is 0.263 e. The van der Waals surface area contributed by atoms with Crippen LogP contribution in [0.4, 0.5) is 0 Å². The number of methoxy groups -OCH3 is 2. The Morgan fingerprint density at radius 2 is 1.96 bits per heavy atom. The molecular formula is C18H21N5O3S. The van der Waals surface area contributed by atoms with Gasteiger partial charge in [0.15, 0.2) is 0 Å². The average Bonchev–Trinajstić information content (AvgIpc) is 3.24. The van der Waals surface area contributed by atoms with Crippen molar-refractivity contribution >= 4 is 17.2 Å². The zero-order valence-corrected chi connectivity index (χ0v) is 16.5. The fourth-order valence-electron chi connectivity index (χ4n) is 2.55. The van der Waals surface area contributed by atoms with Crippen molar-refractivity contribution in [1.82, 2.24) is 25.3 Å². The van der Waals surface area contributed by atoms with E-state index in [1.165, 1.54) is 11.3 Å². The van der Waals surface area contributed by atoms with E-state index in [-0.39, 0.29) is 5.91 Å². The van der Waals surface area contributed by atoms with Crippen LogP contribution in [0.15, 0.2) is 24.3 Å². The fourth-order valence-corrected chi connectivity index (χ4v) is 3.57. The number of aromatic nitrogens is 4. The van der Waals surface area contributed by atoms with Crippen molar-refractivity contribution in [3.05, 3.63) is 40.5 Å². The topological polar surface area (TPSA) is 91.2 Å². The highest BCUT2D eigenvalue weighted by Gasteiger charge is 2.20. The summed E-state index contributed by atoms with van der Waals surface area (Å²) in [5.74, 6) is 0.616. The van der Waals surface area contributed by atoms with Gasteiger partial charge in [-0.05, 0) is 38.1 Å². The van der Waals surface area contributed by atoms with Gasteiger partial charge in [-0.25, -0.2) is 9.67 Å². The first-order valence-electron chi connectivity index (χ1n) is 8.36. The number of ether oxygens (including phenoxy) is 2. The lowest BCUT2D eigenvalue weighted by atomic mass is 10.3. The van der Waals surface area contributed by atoms with Gasteiger partial charge in [-0.2, -0.15) is 0 Å². The molecule has 0 aliphatic heterocycles. The summed E-state index contributed by atoms with van der Waals surface area (Å²) in [7, 11) is 3.22. The predicted molar refractivity (Wildman–Crippen MR) is 103 cm³/mol. The van der Waals surface area contributed by atoms with Crippen molar-refractivity contribution in [3.8, 4) is 22.1 Å². The molecule has 0 saturated heterocycles. The van der Waals surface area contributed by atoms with E-state index in [2.05, 4.69) is 20.6 Å². The molecule has 3 aromatic rings. The molecule has 0 spiro atoms. The number of amides is 1. The SMILES string of the molecule is COCCNC(=O)c1sc(-c2nnn(-c3ccc(OC)cc3)c2C)nc1C. The number of carbonyl (C=O) groups excluding carboxylic acids is 1. The highest BCUT2D eigenvalue weighted by atomic mass is 32.1. The molecule has 1 aromatic carbocycles. The number of aryl methyl sites for hydroxylation is 1. The zero-order valence-electron chi connectivity index (χ0n) is 15.6. The van der Waals surface area contributed by atoms with Gasteiger partial charge < -0.3 is 14.8 Å². The van der Waals surface area contributed by atoms with E-state index < -0.39 is 0 Å². The van der Waals surface area contributed by atoms with E-state index in [9.17, 15) is 4.79 Å². The number of rotatable bonds is 7. The number of thiazole rings is 1. The maximum absolute atomic E-state index is 12.3. The Bertz CT molecular complexity index is 933. The Kier molecular flexibility index (Phi) is 5.82. The molecule has 0 bridgehead atoms. The molecule has 1 amide bonds. The van der Waals surface area contributed by atoms with Gasteiger partial charge in [-0.3, -0.25) is 4.79 Å². The van der Waals surface area contributed by atoms with Crippen LogP contribution in [0.3, 0.4) is 0 Å². The third-order valence-corrected chi connectivity index (χ3v) is 5.17. The monoisotopic (exact) mass is 387 g/mol. The molecule has 0 saturated carbocycles. The minimum absolute atomic E-state index is 0.159. The van der Waals surface area contributed by atoms with Crippen molar-refractivity contribution in [2.45, 2.75) is 13.8 Å². The number of nitrogens with zero attached hydrogens (tertiary/aromatic N) is 4. The van der Waals surface area contributed by atoms with Crippen molar-refractivity contribution in [3.63, 3.8) is 0 Å². The first kappa shape index (κ1) is 19.0. The van der Waals surface area contributed by atoms with Crippen LogP contribution in [0.25, 0.3) is 16.4 Å². The summed E-state index contributed by atoms with van der Waals surface area (Å²) in [6.07, 6.45) is 0. The summed E-state index contributed by atoms with van der Waals surface area (Å²) in [4.78, 5) is 17.4. The summed E-state index contributed by atoms with van der Waals surface area (Å²) >= 11 is 1.31. The highest BCUT2D eigenvalue weighted by Crippen LogP contribution is 2.29. The molecule has 0 radical (unpaired) electrons. The maximum atomic E-state index is 12.3. The van der Waals surface area contributed by atoms with Crippen LogP contribution in [0.5, 0.6) is 5.75 Å². The number of hydrogen-bond acceptors (Lipinski definition) is 7. The molecule has 0 unspecified atom stereocenters. The lowest BCUT2D eigenvalue weighted by Crippen LogP contribution is -2.26. The van der Waals surface area contributed by atoms with E-state index in [0.29, 0.717) is 34.4 Å². The van der Waals surface area contributed by atoms with Crippen molar-refractivity contribution in [2.24, 2.45) is 0 Å². The minimum atomic E-state index is -0.159. The molecule has 8 nitrogen and oxygen atoms in total. The van der Waals surface area contributed by atoms with Crippen LogP contribution < -0.4 is 10.1 Å². The van der Waals surface area contributed by atoms with Gasteiger partial charge in [-0.1, -0.05) is 5.21 Å². The molecule has 0 atom stereocenters. The van der Waals surface area contributed by atoms with Gasteiger partial charge in [0, 0.05) is 13.7 Å². The van der Waals surface area contributed by atoms with Crippen molar-refractivity contribution in [2.75, 3.05) is 27.4 Å². The Morgan fingerprint density at radius 3 is 2.63 bits per heavy atom. The molecule has 27 heavy (non-hydrogen) atoms. The molecule has 2 aromatic heterocycles. The van der Waals surface area contributed by atoms with Gasteiger partial charge in [0.05, 0.1) is 30.8 Å². The van der Waals surface area contributed by atoms with Crippen LogP contribution in [0, 0.1) is 13.8 Å². The lowest BCUT2D eigenvalue weighted by molar-refractivity contribution is 0.0940. The van der Waals surface area contributed by atoms with Gasteiger partial charge in [0.2, 0.25) is 0 Å². The largest absolute Gasteiger partial charge is 0.497 e. The van der Waals surface area contributed by atoms with Crippen LogP contribution in [-0.2, 0) is 4.74 Å². The summed E-state index contributed by atoms with van der Waals surface area (Å²) in [6, 6.07) is 7.55. The fraction of sp³-hybridized carbons (Fsp3) is 0.333. The average molecular weight is 387 g/mol. The lowest BCUT2D eigenvalue weighted by Gasteiger charge is -2.04. The Morgan fingerprint density at radius 1 is 1.22 bits per heavy atom.